The Labute approximate surface area is 190 Å². The quantitative estimate of drug-likeness (QED) is 0.325. The number of nitrogens with zero attached hydrogens (tertiary/aromatic N) is 3. The van der Waals surface area contributed by atoms with E-state index in [4.69, 9.17) is 5.73 Å². The number of rotatable bonds is 5. The summed E-state index contributed by atoms with van der Waals surface area (Å²) >= 11 is 0. The van der Waals surface area contributed by atoms with Crippen LogP contribution in [0.25, 0.3) is 12.3 Å². The monoisotopic (exact) mass is 464 g/mol. The minimum atomic E-state index is -3.40. The second-order valence-electron chi connectivity index (χ2n) is 8.46. The standard InChI is InChI=1S/C22H36N6O3S/c1-3-20-17(10-11-21(29)28(20)19-8-6-4-5-7-9-19)16-25-22(23)26-18-12-14-27(15-13-18)32(30,31)24-2/h3,10-11,16,18-19,24H,4-9,12-15H2,1-2H3,(H3,23,25,26)/b17-16-,20-3+. The first-order valence-corrected chi connectivity index (χ1v) is 13.0. The van der Waals surface area contributed by atoms with Crippen molar-refractivity contribution in [1.29, 1.82) is 0 Å². The molecule has 0 unspecified atom stereocenters. The highest BCUT2D eigenvalue weighted by Gasteiger charge is 2.26. The van der Waals surface area contributed by atoms with Gasteiger partial charge in [-0.2, -0.15) is 12.7 Å². The third-order valence-electron chi connectivity index (χ3n) is 6.38. The Bertz CT molecular complexity index is 1080. The Morgan fingerprint density at radius 1 is 1.12 bits per heavy atom. The van der Waals surface area contributed by atoms with Crippen LogP contribution in [-0.2, 0) is 10.2 Å². The Morgan fingerprint density at radius 3 is 2.38 bits per heavy atom. The lowest BCUT2D eigenvalue weighted by Crippen LogP contribution is -2.46. The van der Waals surface area contributed by atoms with E-state index >= 15 is 0 Å². The van der Waals surface area contributed by atoms with Gasteiger partial charge in [0.1, 0.15) is 0 Å². The van der Waals surface area contributed by atoms with Crippen LogP contribution in [0.4, 0.5) is 0 Å². The molecule has 3 rings (SSSR count). The van der Waals surface area contributed by atoms with Crippen LogP contribution in [0.2, 0.25) is 0 Å². The summed E-state index contributed by atoms with van der Waals surface area (Å²) in [6.45, 7) is 2.77. The molecule has 10 heteroatoms. The molecule has 4 N–H and O–H groups in total. The third-order valence-corrected chi connectivity index (χ3v) is 7.94. The summed E-state index contributed by atoms with van der Waals surface area (Å²) < 4.78 is 29.5. The van der Waals surface area contributed by atoms with E-state index in [0.29, 0.717) is 25.9 Å². The molecule has 0 atom stereocenters. The molecule has 32 heavy (non-hydrogen) atoms. The van der Waals surface area contributed by atoms with Crippen molar-refractivity contribution < 1.29 is 8.42 Å². The van der Waals surface area contributed by atoms with Crippen LogP contribution in [0.15, 0.2) is 21.9 Å². The SMILES string of the molecule is C/C=c1\c(=C/NC(N)=NC2CCN(S(=O)(=O)NC)CC2)ccc(=O)n1C1CCCCCC1. The second kappa shape index (κ2) is 11.1. The van der Waals surface area contributed by atoms with Crippen molar-refractivity contribution in [3.05, 3.63) is 33.1 Å². The van der Waals surface area contributed by atoms with Gasteiger partial charge in [0.15, 0.2) is 5.96 Å². The highest BCUT2D eigenvalue weighted by atomic mass is 32.2. The molecule has 1 aromatic heterocycles. The lowest BCUT2D eigenvalue weighted by Gasteiger charge is -2.29. The highest BCUT2D eigenvalue weighted by Crippen LogP contribution is 2.24. The summed E-state index contributed by atoms with van der Waals surface area (Å²) in [4.78, 5) is 17.2. The van der Waals surface area contributed by atoms with Gasteiger partial charge >= 0.3 is 0 Å². The van der Waals surface area contributed by atoms with Crippen LogP contribution in [0.5, 0.6) is 0 Å². The van der Waals surface area contributed by atoms with Crippen LogP contribution in [0, 0.1) is 0 Å². The number of aliphatic imine (C=N–C) groups is 1. The number of piperidine rings is 1. The molecule has 178 valence electrons. The number of pyridine rings is 1. The molecule has 1 saturated heterocycles. The largest absolute Gasteiger partial charge is 0.370 e. The number of nitrogens with one attached hydrogen (secondary N) is 2. The summed E-state index contributed by atoms with van der Waals surface area (Å²) in [5.41, 5.74) is 6.14. The van der Waals surface area contributed by atoms with Crippen LogP contribution >= 0.6 is 0 Å². The summed E-state index contributed by atoms with van der Waals surface area (Å²) in [6, 6.07) is 3.63. The average Bonchev–Trinajstić information content (AvgIpc) is 3.07. The second-order valence-corrected chi connectivity index (χ2v) is 10.3. The molecule has 0 aromatic carbocycles. The predicted octanol–water partition coefficient (Wildman–Crippen LogP) is 0.115. The number of hydrogen-bond acceptors (Lipinski definition) is 4. The molecular weight excluding hydrogens is 428 g/mol. The number of nitrogens with two attached hydrogens (primary N) is 1. The fraction of sp³-hybridized carbons (Fsp3) is 0.636. The maximum absolute atomic E-state index is 12.7. The van der Waals surface area contributed by atoms with Gasteiger partial charge < -0.3 is 15.6 Å². The zero-order valence-electron chi connectivity index (χ0n) is 19.1. The van der Waals surface area contributed by atoms with E-state index in [9.17, 15) is 13.2 Å². The van der Waals surface area contributed by atoms with E-state index < -0.39 is 10.2 Å². The van der Waals surface area contributed by atoms with Gasteiger partial charge in [0.05, 0.1) is 6.04 Å². The first-order chi connectivity index (χ1) is 15.4. The summed E-state index contributed by atoms with van der Waals surface area (Å²) in [5.74, 6) is 0.286. The Morgan fingerprint density at radius 2 is 1.78 bits per heavy atom. The van der Waals surface area contributed by atoms with E-state index in [1.165, 1.54) is 24.2 Å². The first kappa shape index (κ1) is 24.5. The van der Waals surface area contributed by atoms with Gasteiger partial charge in [-0.3, -0.25) is 4.79 Å². The van der Waals surface area contributed by atoms with Gasteiger partial charge in [-0.1, -0.05) is 31.8 Å². The normalized spacial score (nSPS) is 21.6. The van der Waals surface area contributed by atoms with E-state index in [0.717, 1.165) is 36.3 Å². The van der Waals surface area contributed by atoms with Crippen LogP contribution in [0.3, 0.4) is 0 Å². The van der Waals surface area contributed by atoms with Crippen LogP contribution in [-0.4, -0.2) is 49.4 Å². The van der Waals surface area contributed by atoms with Gasteiger partial charge in [0.25, 0.3) is 15.8 Å². The first-order valence-electron chi connectivity index (χ1n) is 11.5. The van der Waals surface area contributed by atoms with Crippen molar-refractivity contribution in [2.75, 3.05) is 20.1 Å². The molecule has 9 nitrogen and oxygen atoms in total. The van der Waals surface area contributed by atoms with E-state index in [1.54, 1.807) is 12.3 Å². The van der Waals surface area contributed by atoms with Gasteiger partial charge in [-0.25, -0.2) is 9.71 Å². The van der Waals surface area contributed by atoms with Gasteiger partial charge in [-0.15, -0.1) is 0 Å². The topological polar surface area (TPSA) is 122 Å². The lowest BCUT2D eigenvalue weighted by molar-refractivity contribution is 0.318. The summed E-state index contributed by atoms with van der Waals surface area (Å²) in [6.07, 6.45) is 11.8. The van der Waals surface area contributed by atoms with Gasteiger partial charge in [0.2, 0.25) is 0 Å². The number of aromatic nitrogens is 1. The van der Waals surface area contributed by atoms with Crippen molar-refractivity contribution in [2.45, 2.75) is 70.4 Å². The Balaban J connectivity index is 1.75. The molecule has 2 aliphatic rings. The minimum Gasteiger partial charge on any atom is -0.370 e. The van der Waals surface area contributed by atoms with E-state index in [2.05, 4.69) is 15.0 Å². The molecule has 1 saturated carbocycles. The molecule has 0 bridgehead atoms. The molecule has 2 heterocycles. The zero-order valence-corrected chi connectivity index (χ0v) is 19.9. The smallest absolute Gasteiger partial charge is 0.279 e. The highest BCUT2D eigenvalue weighted by molar-refractivity contribution is 7.87. The van der Waals surface area contributed by atoms with Crippen molar-refractivity contribution in [2.24, 2.45) is 10.7 Å². The van der Waals surface area contributed by atoms with Crippen LogP contribution in [0.1, 0.15) is 64.3 Å². The molecular formula is C22H36N6O3S. The van der Waals surface area contributed by atoms with Gasteiger partial charge in [0, 0.05) is 49.0 Å². The molecule has 1 aliphatic heterocycles. The van der Waals surface area contributed by atoms with E-state index in [-0.39, 0.29) is 23.6 Å². The summed E-state index contributed by atoms with van der Waals surface area (Å²) in [7, 11) is -1.98. The van der Waals surface area contributed by atoms with Crippen LogP contribution < -0.4 is 31.9 Å². The third kappa shape index (κ3) is 5.99. The molecule has 0 radical (unpaired) electrons. The Kier molecular flexibility index (Phi) is 8.50. The molecule has 0 amide bonds. The molecule has 1 aromatic rings. The van der Waals surface area contributed by atoms with E-state index in [1.807, 2.05) is 23.6 Å². The Hall–Kier alpha value is -2.17. The van der Waals surface area contributed by atoms with Crippen molar-refractivity contribution >= 4 is 28.4 Å². The maximum Gasteiger partial charge on any atom is 0.279 e. The summed E-state index contributed by atoms with van der Waals surface area (Å²) in [5, 5.41) is 4.85. The molecule has 2 fully saturated rings. The zero-order chi connectivity index (χ0) is 23.1. The fourth-order valence-electron chi connectivity index (χ4n) is 4.63. The molecule has 1 aliphatic carbocycles. The maximum atomic E-state index is 12.7. The van der Waals surface area contributed by atoms with Crippen molar-refractivity contribution in [3.8, 4) is 0 Å². The minimum absolute atomic E-state index is 0.0312. The predicted molar refractivity (Wildman–Crippen MR) is 129 cm³/mol. The fourth-order valence-corrected chi connectivity index (χ4v) is 5.58. The van der Waals surface area contributed by atoms with Crippen molar-refractivity contribution in [3.63, 3.8) is 0 Å². The average molecular weight is 465 g/mol. The number of guanidine groups is 1. The molecule has 0 spiro atoms. The van der Waals surface area contributed by atoms with Crippen molar-refractivity contribution in [1.82, 2.24) is 18.9 Å². The lowest BCUT2D eigenvalue weighted by atomic mass is 10.1. The van der Waals surface area contributed by atoms with Gasteiger partial charge in [-0.05, 0) is 38.7 Å². The number of hydrogen-bond donors (Lipinski definition) is 3.